The van der Waals surface area contributed by atoms with Gasteiger partial charge in [0.15, 0.2) is 6.04 Å². The van der Waals surface area contributed by atoms with Crippen molar-refractivity contribution in [2.75, 3.05) is 12.0 Å². The van der Waals surface area contributed by atoms with Crippen LogP contribution in [0.1, 0.15) is 35.0 Å². The molecule has 0 fully saturated rings. The van der Waals surface area contributed by atoms with Crippen LogP contribution in [0.15, 0.2) is 27.8 Å². The lowest BCUT2D eigenvalue weighted by Crippen LogP contribution is -2.53. The third-order valence-electron chi connectivity index (χ3n) is 3.30. The lowest BCUT2D eigenvalue weighted by molar-refractivity contribution is -0.432. The highest BCUT2D eigenvalue weighted by molar-refractivity contribution is 7.98. The van der Waals surface area contributed by atoms with Gasteiger partial charge in [-0.05, 0) is 37.0 Å². The van der Waals surface area contributed by atoms with Crippen molar-refractivity contribution >= 4 is 23.5 Å². The molecule has 3 N–H and O–H groups in total. The molecule has 114 valence electrons. The highest BCUT2D eigenvalue weighted by Crippen LogP contribution is 2.25. The molecule has 1 aromatic carbocycles. The van der Waals surface area contributed by atoms with E-state index >= 15 is 0 Å². The summed E-state index contributed by atoms with van der Waals surface area (Å²) in [5, 5.41) is 8.85. The number of thioether (sulfide) groups is 2. The zero-order valence-electron chi connectivity index (χ0n) is 12.8. The van der Waals surface area contributed by atoms with Gasteiger partial charge in [0, 0.05) is 12.2 Å². The summed E-state index contributed by atoms with van der Waals surface area (Å²) in [5.41, 5.74) is 7.97. The molecule has 0 aliphatic carbocycles. The Morgan fingerprint density at radius 2 is 2.10 bits per heavy atom. The van der Waals surface area contributed by atoms with Crippen LogP contribution in [0.25, 0.3) is 0 Å². The normalized spacial score (nSPS) is 12.6. The summed E-state index contributed by atoms with van der Waals surface area (Å²) >= 11 is 3.39. The van der Waals surface area contributed by atoms with Gasteiger partial charge in [-0.25, -0.2) is 0 Å². The molecule has 0 radical (unpaired) electrons. The van der Waals surface area contributed by atoms with Gasteiger partial charge >= 0.3 is 0 Å². The SMILES string of the molecule is CSCC[C@H]([NH3+])c1nnc(SCc2cc(C)ccc2C)o1. The Hall–Kier alpha value is -0.980. The van der Waals surface area contributed by atoms with E-state index in [-0.39, 0.29) is 6.04 Å². The van der Waals surface area contributed by atoms with E-state index in [1.54, 1.807) is 23.5 Å². The topological polar surface area (TPSA) is 66.6 Å². The quantitative estimate of drug-likeness (QED) is 0.793. The number of aryl methyl sites for hydroxylation is 2. The fraction of sp³-hybridized carbons (Fsp3) is 0.467. The molecule has 1 heterocycles. The molecule has 0 bridgehead atoms. The maximum Gasteiger partial charge on any atom is 0.277 e. The fourth-order valence-corrected chi connectivity index (χ4v) is 3.28. The first-order valence-corrected chi connectivity index (χ1v) is 9.32. The van der Waals surface area contributed by atoms with E-state index in [1.807, 2.05) is 0 Å². The Morgan fingerprint density at radius 3 is 2.86 bits per heavy atom. The third kappa shape index (κ3) is 4.76. The van der Waals surface area contributed by atoms with Crippen molar-refractivity contribution in [1.29, 1.82) is 0 Å². The molecule has 2 aromatic rings. The number of nitrogens with zero attached hydrogens (tertiary/aromatic N) is 2. The first-order chi connectivity index (χ1) is 10.1. The van der Waals surface area contributed by atoms with Gasteiger partial charge in [-0.15, -0.1) is 10.2 Å². The lowest BCUT2D eigenvalue weighted by atomic mass is 10.1. The van der Waals surface area contributed by atoms with Gasteiger partial charge in [-0.2, -0.15) is 11.8 Å². The van der Waals surface area contributed by atoms with Crippen molar-refractivity contribution in [3.63, 3.8) is 0 Å². The Morgan fingerprint density at radius 1 is 1.29 bits per heavy atom. The van der Waals surface area contributed by atoms with Gasteiger partial charge < -0.3 is 10.2 Å². The largest absolute Gasteiger partial charge is 0.410 e. The van der Waals surface area contributed by atoms with E-state index in [0.717, 1.165) is 17.9 Å². The average molecular weight is 324 g/mol. The first kappa shape index (κ1) is 16.4. The maximum atomic E-state index is 5.70. The van der Waals surface area contributed by atoms with E-state index in [0.29, 0.717) is 11.1 Å². The van der Waals surface area contributed by atoms with Gasteiger partial charge in [0.1, 0.15) is 0 Å². The average Bonchev–Trinajstić information content (AvgIpc) is 2.94. The molecular weight excluding hydrogens is 302 g/mol. The molecule has 21 heavy (non-hydrogen) atoms. The molecule has 0 saturated heterocycles. The zero-order chi connectivity index (χ0) is 15.2. The molecule has 1 atom stereocenters. The van der Waals surface area contributed by atoms with Crippen molar-refractivity contribution in [2.24, 2.45) is 0 Å². The molecule has 0 aliphatic rings. The molecule has 0 amide bonds. The number of quaternary nitrogens is 1. The van der Waals surface area contributed by atoms with Gasteiger partial charge in [0.2, 0.25) is 0 Å². The first-order valence-electron chi connectivity index (χ1n) is 6.94. The number of benzene rings is 1. The summed E-state index contributed by atoms with van der Waals surface area (Å²) in [6.45, 7) is 4.24. The Labute approximate surface area is 134 Å². The second kappa shape index (κ2) is 7.87. The standard InChI is InChI=1S/C15H21N3OS2/c1-10-4-5-11(2)12(8-10)9-21-15-18-17-14(19-15)13(16)6-7-20-3/h4-5,8,13H,6-7,9,16H2,1-3H3/p+1/t13-/m0/s1. The number of hydrogen-bond donors (Lipinski definition) is 1. The molecule has 1 aromatic heterocycles. The Balaban J connectivity index is 1.95. The monoisotopic (exact) mass is 324 g/mol. The van der Waals surface area contributed by atoms with Crippen LogP contribution in [0.3, 0.4) is 0 Å². The minimum absolute atomic E-state index is 0.0833. The van der Waals surface area contributed by atoms with E-state index in [1.165, 1.54) is 16.7 Å². The number of rotatable bonds is 7. The van der Waals surface area contributed by atoms with Crippen molar-refractivity contribution < 1.29 is 10.2 Å². The predicted molar refractivity (Wildman–Crippen MR) is 88.4 cm³/mol. The van der Waals surface area contributed by atoms with Crippen LogP contribution in [0, 0.1) is 13.8 Å². The molecule has 6 heteroatoms. The minimum Gasteiger partial charge on any atom is -0.410 e. The van der Waals surface area contributed by atoms with Gasteiger partial charge in [0.25, 0.3) is 11.1 Å². The summed E-state index contributed by atoms with van der Waals surface area (Å²) in [5.74, 6) is 2.55. The molecule has 2 rings (SSSR count). The lowest BCUT2D eigenvalue weighted by Gasteiger charge is -2.05. The maximum absolute atomic E-state index is 5.70. The van der Waals surface area contributed by atoms with Crippen LogP contribution >= 0.6 is 23.5 Å². The smallest absolute Gasteiger partial charge is 0.277 e. The van der Waals surface area contributed by atoms with Crippen molar-refractivity contribution in [1.82, 2.24) is 10.2 Å². The molecule has 0 spiro atoms. The summed E-state index contributed by atoms with van der Waals surface area (Å²) < 4.78 is 5.70. The molecule has 0 aliphatic heterocycles. The van der Waals surface area contributed by atoms with Crippen LogP contribution in [0.2, 0.25) is 0 Å². The second-order valence-corrected chi connectivity index (χ2v) is 7.02. The van der Waals surface area contributed by atoms with E-state index < -0.39 is 0 Å². The van der Waals surface area contributed by atoms with Crippen LogP contribution in [0.4, 0.5) is 0 Å². The van der Waals surface area contributed by atoms with Crippen molar-refractivity contribution in [3.8, 4) is 0 Å². The van der Waals surface area contributed by atoms with E-state index in [9.17, 15) is 0 Å². The second-order valence-electron chi connectivity index (χ2n) is 5.10. The van der Waals surface area contributed by atoms with Gasteiger partial charge in [-0.3, -0.25) is 0 Å². The predicted octanol–water partition coefficient (Wildman–Crippen LogP) is 3.01. The van der Waals surface area contributed by atoms with Crippen LogP contribution in [0.5, 0.6) is 0 Å². The van der Waals surface area contributed by atoms with Crippen LogP contribution in [-0.2, 0) is 5.75 Å². The van der Waals surface area contributed by atoms with Crippen molar-refractivity contribution in [3.05, 3.63) is 40.8 Å². The zero-order valence-corrected chi connectivity index (χ0v) is 14.4. The molecule has 0 saturated carbocycles. The Kier molecular flexibility index (Phi) is 6.14. The van der Waals surface area contributed by atoms with E-state index in [2.05, 4.69) is 54.2 Å². The summed E-state index contributed by atoms with van der Waals surface area (Å²) in [6, 6.07) is 6.58. The van der Waals surface area contributed by atoms with E-state index in [4.69, 9.17) is 4.42 Å². The van der Waals surface area contributed by atoms with Gasteiger partial charge in [0.05, 0.1) is 0 Å². The third-order valence-corrected chi connectivity index (χ3v) is 4.81. The van der Waals surface area contributed by atoms with Crippen LogP contribution in [-0.4, -0.2) is 22.2 Å². The minimum atomic E-state index is 0.0833. The number of hydrogen-bond acceptors (Lipinski definition) is 5. The molecular formula is C15H22N3OS2+. The summed E-state index contributed by atoms with van der Waals surface area (Å²) in [4.78, 5) is 0. The summed E-state index contributed by atoms with van der Waals surface area (Å²) in [6.07, 6.45) is 3.05. The van der Waals surface area contributed by atoms with Gasteiger partial charge in [-0.1, -0.05) is 35.5 Å². The molecule has 4 nitrogen and oxygen atoms in total. The fourth-order valence-electron chi connectivity index (χ4n) is 1.92. The number of aromatic nitrogens is 2. The Bertz CT molecular complexity index is 586. The summed E-state index contributed by atoms with van der Waals surface area (Å²) in [7, 11) is 0. The molecule has 0 unspecified atom stereocenters. The van der Waals surface area contributed by atoms with Crippen LogP contribution < -0.4 is 5.73 Å². The highest BCUT2D eigenvalue weighted by atomic mass is 32.2. The highest BCUT2D eigenvalue weighted by Gasteiger charge is 2.17. The van der Waals surface area contributed by atoms with Crippen molar-refractivity contribution in [2.45, 2.75) is 37.3 Å².